The zero-order valence-electron chi connectivity index (χ0n) is 8.73. The van der Waals surface area contributed by atoms with Gasteiger partial charge in [-0.15, -0.1) is 0 Å². The van der Waals surface area contributed by atoms with Crippen molar-refractivity contribution in [3.8, 4) is 0 Å². The number of nitrogens with two attached hydrogens (primary N) is 1. The third-order valence-corrected chi connectivity index (χ3v) is 1.83. The Balaban J connectivity index is -0.000000177. The van der Waals surface area contributed by atoms with Gasteiger partial charge >= 0.3 is 0 Å². The summed E-state index contributed by atoms with van der Waals surface area (Å²) in [5.74, 6) is -0.623. The second-order valence-electron chi connectivity index (χ2n) is 2.75. The Bertz CT molecular complexity index is 261. The van der Waals surface area contributed by atoms with Crippen molar-refractivity contribution < 1.29 is 17.8 Å². The number of primary amides is 1. The number of hydrogen-bond acceptors (Lipinski definition) is 3. The maximum absolute atomic E-state index is 10.00. The van der Waals surface area contributed by atoms with Gasteiger partial charge in [0.05, 0.1) is 5.75 Å². The summed E-state index contributed by atoms with van der Waals surface area (Å²) in [6, 6.07) is 0. The summed E-state index contributed by atoms with van der Waals surface area (Å²) in [7, 11) is -3.72. The third kappa shape index (κ3) is 29.6. The Kier molecular flexibility index (Phi) is 13.6. The molecule has 5 nitrogen and oxygen atoms in total. The van der Waals surface area contributed by atoms with Crippen molar-refractivity contribution in [2.45, 2.75) is 13.8 Å². The molecule has 0 atom stereocenters. The molecule has 0 aliphatic heterocycles. The van der Waals surface area contributed by atoms with Crippen LogP contribution in [0.1, 0.15) is 13.8 Å². The van der Waals surface area contributed by atoms with Crippen LogP contribution in [0.25, 0.3) is 0 Å². The summed E-state index contributed by atoms with van der Waals surface area (Å²) in [6.07, 6.45) is 1.06. The quantitative estimate of drug-likeness (QED) is 0.400. The summed E-state index contributed by atoms with van der Waals surface area (Å²) in [6.45, 7) is 6.55. The molecule has 0 aromatic heterocycles. The van der Waals surface area contributed by atoms with E-state index in [4.69, 9.17) is 4.55 Å². The maximum Gasteiger partial charge on any atom is 0.265 e. The van der Waals surface area contributed by atoms with Crippen LogP contribution in [0.15, 0.2) is 12.7 Å². The van der Waals surface area contributed by atoms with E-state index in [9.17, 15) is 13.2 Å². The van der Waals surface area contributed by atoms with E-state index < -0.39 is 16.0 Å². The first-order chi connectivity index (χ1) is 5.69. The van der Waals surface area contributed by atoms with Crippen LogP contribution in [0.3, 0.4) is 0 Å². The first-order valence-corrected chi connectivity index (χ1v) is 5.17. The first-order valence-electron chi connectivity index (χ1n) is 3.56. The molecule has 0 aliphatic rings. The van der Waals surface area contributed by atoms with Crippen molar-refractivity contribution in [1.82, 2.24) is 0 Å². The second kappa shape index (κ2) is 9.67. The zero-order chi connectivity index (χ0) is 11.1. The van der Waals surface area contributed by atoms with Crippen LogP contribution in [0.5, 0.6) is 0 Å². The van der Waals surface area contributed by atoms with Crippen LogP contribution in [0, 0.1) is 5.92 Å². The summed E-state index contributed by atoms with van der Waals surface area (Å²) >= 11 is 0. The molecule has 1 amide bonds. The summed E-state index contributed by atoms with van der Waals surface area (Å²) in [5, 5.41) is 0. The molecule has 0 aromatic rings. The second-order valence-corrected chi connectivity index (χ2v) is 4.25. The van der Waals surface area contributed by atoms with Gasteiger partial charge in [-0.25, -0.2) is 0 Å². The number of hydrogen-bond donors (Lipinski definition) is 2. The molecule has 0 rings (SSSR count). The van der Waals surface area contributed by atoms with Gasteiger partial charge in [-0.05, 0) is 12.0 Å². The molecule has 14 heavy (non-hydrogen) atoms. The van der Waals surface area contributed by atoms with Gasteiger partial charge in [-0.2, -0.15) is 8.42 Å². The van der Waals surface area contributed by atoms with Crippen molar-refractivity contribution in [3.05, 3.63) is 12.7 Å². The van der Waals surface area contributed by atoms with Crippen LogP contribution in [0.4, 0.5) is 0 Å². The minimum absolute atomic E-state index is 0. The average molecular weight is 232 g/mol. The van der Waals surface area contributed by atoms with Crippen molar-refractivity contribution in [1.29, 1.82) is 0 Å². The molecule has 3 N–H and O–H groups in total. The van der Waals surface area contributed by atoms with E-state index in [2.05, 4.69) is 12.3 Å². The Morgan fingerprint density at radius 3 is 1.86 bits per heavy atom. The summed E-state index contributed by atoms with van der Waals surface area (Å²) in [5.41, 5.74) is 4.53. The average Bonchev–Trinajstić information content (AvgIpc) is 1.83. The van der Waals surface area contributed by atoms with Crippen LogP contribution in [-0.2, 0) is 14.9 Å². The smallest absolute Gasteiger partial charge is 0.265 e. The number of carbonyl (C=O) groups excluding carboxylic acids is 1. The van der Waals surface area contributed by atoms with Crippen LogP contribution in [0.2, 0.25) is 0 Å². The first kappa shape index (κ1) is 19.7. The topological polar surface area (TPSA) is 97.5 Å². The molecule has 0 saturated carbocycles. The molecular formula is C7H15NNaO4S. The number of amides is 1. The van der Waals surface area contributed by atoms with Gasteiger partial charge in [0.2, 0.25) is 5.91 Å². The molecule has 0 heterocycles. The van der Waals surface area contributed by atoms with Gasteiger partial charge in [0.25, 0.3) is 10.1 Å². The van der Waals surface area contributed by atoms with E-state index in [0.717, 1.165) is 6.08 Å². The van der Waals surface area contributed by atoms with E-state index in [0.29, 0.717) is 0 Å². The van der Waals surface area contributed by atoms with Crippen molar-refractivity contribution in [3.63, 3.8) is 0 Å². The molecule has 79 valence electrons. The Hall–Kier alpha value is 0.120. The Labute approximate surface area is 107 Å². The zero-order valence-corrected chi connectivity index (χ0v) is 11.5. The Morgan fingerprint density at radius 2 is 1.86 bits per heavy atom. The molecule has 0 aliphatic carbocycles. The minimum Gasteiger partial charge on any atom is -0.366 e. The van der Waals surface area contributed by atoms with E-state index in [-0.39, 0.29) is 41.2 Å². The van der Waals surface area contributed by atoms with Gasteiger partial charge in [0.15, 0.2) is 0 Å². The van der Waals surface area contributed by atoms with E-state index in [1.54, 1.807) is 13.8 Å². The fourth-order valence-corrected chi connectivity index (χ4v) is 1.26. The van der Waals surface area contributed by atoms with Gasteiger partial charge in [0.1, 0.15) is 0 Å². The van der Waals surface area contributed by atoms with Gasteiger partial charge in [-0.1, -0.05) is 20.4 Å². The fourth-order valence-electron chi connectivity index (χ4n) is 0.421. The molecular weight excluding hydrogens is 217 g/mol. The van der Waals surface area contributed by atoms with E-state index in [1.807, 2.05) is 0 Å². The van der Waals surface area contributed by atoms with Gasteiger partial charge in [-0.3, -0.25) is 9.35 Å². The fraction of sp³-hybridized carbons (Fsp3) is 0.571. The van der Waals surface area contributed by atoms with Gasteiger partial charge in [0, 0.05) is 29.6 Å². The summed E-state index contributed by atoms with van der Waals surface area (Å²) in [4.78, 5) is 9.47. The third-order valence-electron chi connectivity index (χ3n) is 0.745. The SMILES string of the molecule is C=CC(N)=O.CC(C)CS(=O)(=O)O.[Na]. The van der Waals surface area contributed by atoms with Crippen molar-refractivity contribution in [2.75, 3.05) is 5.75 Å². The molecule has 0 unspecified atom stereocenters. The maximum atomic E-state index is 10.00. The molecule has 7 heteroatoms. The molecule has 0 spiro atoms. The number of rotatable bonds is 3. The molecule has 0 saturated heterocycles. The van der Waals surface area contributed by atoms with Crippen molar-refractivity contribution in [2.24, 2.45) is 11.7 Å². The Morgan fingerprint density at radius 1 is 1.57 bits per heavy atom. The predicted molar refractivity (Wildman–Crippen MR) is 56.4 cm³/mol. The molecule has 0 aromatic carbocycles. The van der Waals surface area contributed by atoms with Gasteiger partial charge < -0.3 is 5.73 Å². The monoisotopic (exact) mass is 232 g/mol. The van der Waals surface area contributed by atoms with E-state index in [1.165, 1.54) is 0 Å². The largest absolute Gasteiger partial charge is 0.366 e. The standard InChI is InChI=1S/C4H10O3S.C3H5NO.Na/c1-4(2)3-8(5,6)7;1-2-3(4)5;/h4H,3H2,1-2H3,(H,5,6,7);2H,1H2,(H2,4,5);. The normalized spacial score (nSPS) is 9.43. The van der Waals surface area contributed by atoms with Crippen LogP contribution >= 0.6 is 0 Å². The predicted octanol–water partition coefficient (Wildman–Crippen LogP) is -0.193. The minimum atomic E-state index is -3.72. The van der Waals surface area contributed by atoms with Crippen molar-refractivity contribution >= 4 is 45.6 Å². The van der Waals surface area contributed by atoms with Crippen LogP contribution in [-0.4, -0.2) is 54.2 Å². The summed E-state index contributed by atoms with van der Waals surface area (Å²) < 4.78 is 28.2. The molecule has 0 bridgehead atoms. The van der Waals surface area contributed by atoms with E-state index >= 15 is 0 Å². The van der Waals surface area contributed by atoms with Crippen LogP contribution < -0.4 is 5.73 Å². The molecule has 0 fully saturated rings. The number of carbonyl (C=O) groups is 1. The molecule has 1 radical (unpaired) electrons.